The van der Waals surface area contributed by atoms with Crippen LogP contribution in [-0.2, 0) is 14.8 Å². The number of aliphatic hydroxyl groups is 1. The van der Waals surface area contributed by atoms with Crippen molar-refractivity contribution < 1.29 is 18.3 Å². The van der Waals surface area contributed by atoms with E-state index in [1.165, 1.54) is 27.3 Å². The molecule has 0 aliphatic rings. The summed E-state index contributed by atoms with van der Waals surface area (Å²) in [4.78, 5) is 0.0293. The Morgan fingerprint density at radius 2 is 2.10 bits per heavy atom. The van der Waals surface area contributed by atoms with Crippen LogP contribution in [0.5, 0.6) is 0 Å². The summed E-state index contributed by atoms with van der Waals surface area (Å²) in [6, 6.07) is 4.33. The van der Waals surface area contributed by atoms with Crippen LogP contribution in [0.4, 0.5) is 11.4 Å². The van der Waals surface area contributed by atoms with Gasteiger partial charge in [-0.2, -0.15) is 0 Å². The molecule has 0 saturated heterocycles. The number of benzene rings is 1. The number of nitrogens with two attached hydrogens (primary N) is 1. The second-order valence-corrected chi connectivity index (χ2v) is 6.60. The molecule has 0 saturated carbocycles. The lowest BCUT2D eigenvalue weighted by Gasteiger charge is -2.20. The van der Waals surface area contributed by atoms with Gasteiger partial charge < -0.3 is 20.9 Å². The van der Waals surface area contributed by atoms with E-state index in [2.05, 4.69) is 5.32 Å². The van der Waals surface area contributed by atoms with E-state index in [0.29, 0.717) is 5.69 Å². The molecular formula is C12H21N3O4S. The molecule has 0 heterocycles. The van der Waals surface area contributed by atoms with Gasteiger partial charge in [0.2, 0.25) is 10.0 Å². The quantitative estimate of drug-likeness (QED) is 0.609. The third-order valence-electron chi connectivity index (χ3n) is 2.77. The topological polar surface area (TPSA) is 105 Å². The van der Waals surface area contributed by atoms with Gasteiger partial charge in [0.05, 0.1) is 30.6 Å². The zero-order chi connectivity index (χ0) is 15.3. The third kappa shape index (κ3) is 3.60. The van der Waals surface area contributed by atoms with E-state index in [4.69, 9.17) is 10.5 Å². The predicted octanol–water partition coefficient (Wildman–Crippen LogP) is -0.0617. The summed E-state index contributed by atoms with van der Waals surface area (Å²) in [6.45, 7) is 0.124. The fourth-order valence-electron chi connectivity index (χ4n) is 1.65. The Bertz CT molecular complexity index is 546. The van der Waals surface area contributed by atoms with E-state index in [9.17, 15) is 13.5 Å². The van der Waals surface area contributed by atoms with Gasteiger partial charge in [0.15, 0.2) is 0 Å². The minimum atomic E-state index is -3.61. The van der Waals surface area contributed by atoms with Gasteiger partial charge in [-0.15, -0.1) is 0 Å². The number of nitrogens with one attached hydrogen (secondary N) is 1. The largest absolute Gasteiger partial charge is 0.396 e. The molecule has 0 radical (unpaired) electrons. The number of nitrogen functional groups attached to an aromatic ring is 1. The first-order chi connectivity index (χ1) is 9.34. The van der Waals surface area contributed by atoms with Gasteiger partial charge in [0.1, 0.15) is 4.90 Å². The number of para-hydroxylation sites is 1. The molecule has 114 valence electrons. The number of hydrogen-bond acceptors (Lipinski definition) is 6. The van der Waals surface area contributed by atoms with Gasteiger partial charge in [-0.25, -0.2) is 12.7 Å². The molecule has 4 N–H and O–H groups in total. The number of nitrogens with zero attached hydrogens (tertiary/aromatic N) is 1. The predicted molar refractivity (Wildman–Crippen MR) is 78.1 cm³/mol. The highest BCUT2D eigenvalue weighted by atomic mass is 32.2. The molecule has 0 spiro atoms. The van der Waals surface area contributed by atoms with Crippen molar-refractivity contribution >= 4 is 21.4 Å². The average molecular weight is 303 g/mol. The fraction of sp³-hybridized carbons (Fsp3) is 0.500. The molecule has 0 bridgehead atoms. The number of ether oxygens (including phenoxy) is 1. The molecule has 0 amide bonds. The maximum absolute atomic E-state index is 12.1. The van der Waals surface area contributed by atoms with Crippen LogP contribution >= 0.6 is 0 Å². The van der Waals surface area contributed by atoms with Crippen LogP contribution < -0.4 is 11.1 Å². The summed E-state index contributed by atoms with van der Waals surface area (Å²) in [5.41, 5.74) is 6.48. The minimum Gasteiger partial charge on any atom is -0.396 e. The molecule has 1 atom stereocenters. The molecule has 8 heteroatoms. The van der Waals surface area contributed by atoms with Gasteiger partial charge >= 0.3 is 0 Å². The summed E-state index contributed by atoms with van der Waals surface area (Å²) in [5.74, 6) is 0. The van der Waals surface area contributed by atoms with Crippen LogP contribution in [-0.4, -0.2) is 58.3 Å². The molecule has 0 fully saturated rings. The third-order valence-corrected chi connectivity index (χ3v) is 4.65. The number of rotatable bonds is 7. The lowest BCUT2D eigenvalue weighted by atomic mass is 10.2. The summed E-state index contributed by atoms with van der Waals surface area (Å²) in [7, 11) is 0.786. The number of methoxy groups -OCH3 is 1. The summed E-state index contributed by atoms with van der Waals surface area (Å²) in [6.07, 6.45) is 0. The number of aliphatic hydroxyl groups excluding tert-OH is 1. The smallest absolute Gasteiger partial charge is 0.244 e. The van der Waals surface area contributed by atoms with Crippen LogP contribution in [0.15, 0.2) is 23.1 Å². The van der Waals surface area contributed by atoms with Crippen LogP contribution in [0.3, 0.4) is 0 Å². The van der Waals surface area contributed by atoms with Crippen LogP contribution in [0.25, 0.3) is 0 Å². The van der Waals surface area contributed by atoms with Crippen molar-refractivity contribution in [2.45, 2.75) is 10.9 Å². The van der Waals surface area contributed by atoms with E-state index in [1.54, 1.807) is 12.1 Å². The van der Waals surface area contributed by atoms with Crippen LogP contribution in [0, 0.1) is 0 Å². The normalized spacial score (nSPS) is 13.4. The van der Waals surface area contributed by atoms with E-state index in [-0.39, 0.29) is 29.8 Å². The Morgan fingerprint density at radius 3 is 2.60 bits per heavy atom. The second-order valence-electron chi connectivity index (χ2n) is 4.48. The first-order valence-corrected chi connectivity index (χ1v) is 7.46. The monoisotopic (exact) mass is 303 g/mol. The van der Waals surface area contributed by atoms with Crippen molar-refractivity contribution in [2.24, 2.45) is 0 Å². The lowest BCUT2D eigenvalue weighted by molar-refractivity contribution is 0.153. The van der Waals surface area contributed by atoms with Crippen molar-refractivity contribution in [2.75, 3.05) is 45.5 Å². The highest BCUT2D eigenvalue weighted by molar-refractivity contribution is 7.89. The molecule has 0 aliphatic carbocycles. The fourth-order valence-corrected chi connectivity index (χ4v) is 2.68. The van der Waals surface area contributed by atoms with Gasteiger partial charge in [-0.1, -0.05) is 6.07 Å². The van der Waals surface area contributed by atoms with E-state index >= 15 is 0 Å². The van der Waals surface area contributed by atoms with E-state index < -0.39 is 10.0 Å². The van der Waals surface area contributed by atoms with Gasteiger partial charge in [0.25, 0.3) is 0 Å². The Hall–Kier alpha value is -1.35. The Labute approximate surface area is 119 Å². The first kappa shape index (κ1) is 16.7. The molecule has 1 unspecified atom stereocenters. The molecule has 1 aromatic rings. The van der Waals surface area contributed by atoms with Crippen molar-refractivity contribution in [3.63, 3.8) is 0 Å². The van der Waals surface area contributed by atoms with Crippen molar-refractivity contribution in [1.29, 1.82) is 0 Å². The molecule has 0 aromatic heterocycles. The van der Waals surface area contributed by atoms with Crippen LogP contribution in [0.1, 0.15) is 0 Å². The summed E-state index contributed by atoms with van der Waals surface area (Å²) >= 11 is 0. The second kappa shape index (κ2) is 6.89. The first-order valence-electron chi connectivity index (χ1n) is 6.02. The zero-order valence-electron chi connectivity index (χ0n) is 11.8. The van der Waals surface area contributed by atoms with Gasteiger partial charge in [-0.05, 0) is 12.1 Å². The Balaban J connectivity index is 3.14. The van der Waals surface area contributed by atoms with Crippen molar-refractivity contribution in [1.82, 2.24) is 4.31 Å². The highest BCUT2D eigenvalue weighted by Gasteiger charge is 2.22. The van der Waals surface area contributed by atoms with E-state index in [1.807, 2.05) is 0 Å². The zero-order valence-corrected chi connectivity index (χ0v) is 12.6. The SMILES string of the molecule is COCC(CO)Nc1cccc(S(=O)(=O)N(C)C)c1N. The number of sulfonamides is 1. The standard InChI is InChI=1S/C12H21N3O4S/c1-15(2)20(17,18)11-6-4-5-10(12(11)13)14-9(7-16)8-19-3/h4-6,9,14,16H,7-8,13H2,1-3H3. The van der Waals surface area contributed by atoms with Crippen LogP contribution in [0.2, 0.25) is 0 Å². The molecule has 0 aliphatic heterocycles. The summed E-state index contributed by atoms with van der Waals surface area (Å²) in [5, 5.41) is 12.2. The highest BCUT2D eigenvalue weighted by Crippen LogP contribution is 2.28. The lowest BCUT2D eigenvalue weighted by Crippen LogP contribution is -2.29. The molecule has 1 rings (SSSR count). The van der Waals surface area contributed by atoms with Crippen molar-refractivity contribution in [3.05, 3.63) is 18.2 Å². The average Bonchev–Trinajstić information content (AvgIpc) is 2.39. The maximum Gasteiger partial charge on any atom is 0.244 e. The molecule has 20 heavy (non-hydrogen) atoms. The molecule has 7 nitrogen and oxygen atoms in total. The molecular weight excluding hydrogens is 282 g/mol. The van der Waals surface area contributed by atoms with Crippen molar-refractivity contribution in [3.8, 4) is 0 Å². The maximum atomic E-state index is 12.1. The Morgan fingerprint density at radius 1 is 1.45 bits per heavy atom. The van der Waals surface area contributed by atoms with Gasteiger partial charge in [-0.3, -0.25) is 0 Å². The molecule has 1 aromatic carbocycles. The number of anilines is 2. The summed E-state index contributed by atoms with van der Waals surface area (Å²) < 4.78 is 30.3. The minimum absolute atomic E-state index is 0.0293. The number of hydrogen-bond donors (Lipinski definition) is 3. The van der Waals surface area contributed by atoms with E-state index in [0.717, 1.165) is 4.31 Å². The Kier molecular flexibility index (Phi) is 5.75. The van der Waals surface area contributed by atoms with Gasteiger partial charge in [0, 0.05) is 21.2 Å².